The van der Waals surface area contributed by atoms with Crippen molar-refractivity contribution < 1.29 is 14.7 Å². The Labute approximate surface area is 120 Å². The number of hydrogen-bond acceptors (Lipinski definition) is 4. The highest BCUT2D eigenvalue weighted by Gasteiger charge is 2.26. The zero-order valence-electron chi connectivity index (χ0n) is 12.3. The minimum atomic E-state index is -0.00817. The molecule has 6 heteroatoms. The summed E-state index contributed by atoms with van der Waals surface area (Å²) in [5, 5.41) is 11.5. The minimum Gasteiger partial charge on any atom is -0.396 e. The van der Waals surface area contributed by atoms with E-state index in [9.17, 15) is 9.59 Å². The van der Waals surface area contributed by atoms with Gasteiger partial charge in [0.15, 0.2) is 0 Å². The number of aliphatic hydroxyl groups is 1. The largest absolute Gasteiger partial charge is 0.396 e. The van der Waals surface area contributed by atoms with Crippen LogP contribution in [-0.2, 0) is 9.59 Å². The molecule has 0 aliphatic carbocycles. The number of carbonyl (C=O) groups excluding carboxylic acids is 2. The van der Waals surface area contributed by atoms with Gasteiger partial charge in [0, 0.05) is 44.6 Å². The lowest BCUT2D eigenvalue weighted by atomic mass is 9.95. The van der Waals surface area contributed by atoms with Crippen molar-refractivity contribution in [3.05, 3.63) is 0 Å². The van der Waals surface area contributed by atoms with Crippen LogP contribution in [-0.4, -0.2) is 54.1 Å². The van der Waals surface area contributed by atoms with Crippen LogP contribution in [0.25, 0.3) is 0 Å². The maximum absolute atomic E-state index is 11.9. The Hall–Kier alpha value is -1.14. The molecule has 1 heterocycles. The standard InChI is InChI=1S/C14H27N3O3/c1-11(15)3-4-13(19)17-8-5-12(6-9-17)14(20)16-7-2-10-18/h11-12,18H,2-10,15H2,1H3,(H,16,20). The first kappa shape index (κ1) is 16.9. The highest BCUT2D eigenvalue weighted by Crippen LogP contribution is 2.18. The Morgan fingerprint density at radius 1 is 1.40 bits per heavy atom. The highest BCUT2D eigenvalue weighted by molar-refractivity contribution is 5.80. The normalized spacial score (nSPS) is 17.9. The topological polar surface area (TPSA) is 95.7 Å². The van der Waals surface area contributed by atoms with Crippen molar-refractivity contribution >= 4 is 11.8 Å². The van der Waals surface area contributed by atoms with E-state index in [4.69, 9.17) is 10.8 Å². The number of amides is 2. The number of nitrogens with two attached hydrogens (primary N) is 1. The molecule has 1 rings (SSSR count). The lowest BCUT2D eigenvalue weighted by Gasteiger charge is -2.31. The molecule has 20 heavy (non-hydrogen) atoms. The summed E-state index contributed by atoms with van der Waals surface area (Å²) in [5.74, 6) is 0.175. The van der Waals surface area contributed by atoms with Crippen LogP contribution < -0.4 is 11.1 Å². The van der Waals surface area contributed by atoms with Gasteiger partial charge < -0.3 is 21.1 Å². The van der Waals surface area contributed by atoms with Gasteiger partial charge in [-0.25, -0.2) is 0 Å². The summed E-state index contributed by atoms with van der Waals surface area (Å²) < 4.78 is 0. The maximum atomic E-state index is 11.9. The molecule has 1 aliphatic heterocycles. The number of hydrogen-bond donors (Lipinski definition) is 3. The summed E-state index contributed by atoms with van der Waals surface area (Å²) in [4.78, 5) is 25.6. The van der Waals surface area contributed by atoms with Crippen LogP contribution in [0.3, 0.4) is 0 Å². The molecule has 0 radical (unpaired) electrons. The number of nitrogens with zero attached hydrogens (tertiary/aromatic N) is 1. The van der Waals surface area contributed by atoms with Gasteiger partial charge in [-0.1, -0.05) is 0 Å². The molecule has 2 amide bonds. The van der Waals surface area contributed by atoms with Crippen molar-refractivity contribution in [2.24, 2.45) is 11.7 Å². The first-order valence-corrected chi connectivity index (χ1v) is 7.46. The summed E-state index contributed by atoms with van der Waals surface area (Å²) >= 11 is 0. The van der Waals surface area contributed by atoms with Crippen LogP contribution in [0.5, 0.6) is 0 Å². The first-order valence-electron chi connectivity index (χ1n) is 7.46. The van der Waals surface area contributed by atoms with E-state index in [0.29, 0.717) is 38.9 Å². The second kappa shape index (κ2) is 8.92. The van der Waals surface area contributed by atoms with Gasteiger partial charge in [-0.2, -0.15) is 0 Å². The molecule has 1 unspecified atom stereocenters. The molecule has 1 atom stereocenters. The minimum absolute atomic E-state index is 0.00817. The molecule has 0 aromatic heterocycles. The lowest BCUT2D eigenvalue weighted by Crippen LogP contribution is -2.43. The summed E-state index contributed by atoms with van der Waals surface area (Å²) in [6.45, 7) is 3.80. The number of piperidine rings is 1. The average molecular weight is 285 g/mol. The fourth-order valence-corrected chi connectivity index (χ4v) is 2.34. The van der Waals surface area contributed by atoms with Gasteiger partial charge in [-0.05, 0) is 32.6 Å². The van der Waals surface area contributed by atoms with Crippen LogP contribution in [0.2, 0.25) is 0 Å². The Kier molecular flexibility index (Phi) is 7.54. The van der Waals surface area contributed by atoms with Gasteiger partial charge in [0.05, 0.1) is 0 Å². The molecular weight excluding hydrogens is 258 g/mol. The Morgan fingerprint density at radius 3 is 2.60 bits per heavy atom. The smallest absolute Gasteiger partial charge is 0.223 e. The van der Waals surface area contributed by atoms with Crippen molar-refractivity contribution in [3.63, 3.8) is 0 Å². The van der Waals surface area contributed by atoms with Crippen LogP contribution in [0, 0.1) is 5.92 Å². The van der Waals surface area contributed by atoms with Gasteiger partial charge in [0.1, 0.15) is 0 Å². The van der Waals surface area contributed by atoms with E-state index in [-0.39, 0.29) is 30.4 Å². The molecule has 1 fully saturated rings. The van der Waals surface area contributed by atoms with Crippen LogP contribution in [0.15, 0.2) is 0 Å². The number of rotatable bonds is 7. The third kappa shape index (κ3) is 5.88. The molecule has 0 aromatic rings. The third-order valence-corrected chi connectivity index (χ3v) is 3.67. The molecule has 1 saturated heterocycles. The van der Waals surface area contributed by atoms with Gasteiger partial charge in [0.2, 0.25) is 11.8 Å². The third-order valence-electron chi connectivity index (χ3n) is 3.67. The van der Waals surface area contributed by atoms with Crippen molar-refractivity contribution in [2.45, 2.75) is 45.1 Å². The van der Waals surface area contributed by atoms with E-state index < -0.39 is 0 Å². The SMILES string of the molecule is CC(N)CCC(=O)N1CCC(C(=O)NCCCO)CC1. The number of likely N-dealkylation sites (tertiary alicyclic amines) is 1. The fraction of sp³-hybridized carbons (Fsp3) is 0.857. The van der Waals surface area contributed by atoms with Gasteiger partial charge in [-0.15, -0.1) is 0 Å². The van der Waals surface area contributed by atoms with Gasteiger partial charge in [0.25, 0.3) is 0 Å². The van der Waals surface area contributed by atoms with Crippen LogP contribution in [0.1, 0.15) is 39.0 Å². The monoisotopic (exact) mass is 285 g/mol. The van der Waals surface area contributed by atoms with E-state index in [1.807, 2.05) is 11.8 Å². The highest BCUT2D eigenvalue weighted by atomic mass is 16.3. The quantitative estimate of drug-likeness (QED) is 0.567. The van der Waals surface area contributed by atoms with Gasteiger partial charge >= 0.3 is 0 Å². The zero-order chi connectivity index (χ0) is 15.0. The average Bonchev–Trinajstić information content (AvgIpc) is 2.45. The number of carbonyl (C=O) groups is 2. The summed E-state index contributed by atoms with van der Waals surface area (Å²) in [5.41, 5.74) is 5.65. The second-order valence-corrected chi connectivity index (χ2v) is 5.54. The van der Waals surface area contributed by atoms with Crippen molar-refractivity contribution in [1.29, 1.82) is 0 Å². The molecule has 116 valence electrons. The number of nitrogens with one attached hydrogen (secondary N) is 1. The Balaban J connectivity index is 2.25. The van der Waals surface area contributed by atoms with Crippen LogP contribution >= 0.6 is 0 Å². The summed E-state index contributed by atoms with van der Waals surface area (Å²) in [6, 6.07) is 0.0498. The van der Waals surface area contributed by atoms with E-state index in [2.05, 4.69) is 5.32 Å². The van der Waals surface area contributed by atoms with Gasteiger partial charge in [-0.3, -0.25) is 9.59 Å². The zero-order valence-corrected chi connectivity index (χ0v) is 12.3. The Bertz CT molecular complexity index is 313. The van der Waals surface area contributed by atoms with Crippen molar-refractivity contribution in [2.75, 3.05) is 26.2 Å². The lowest BCUT2D eigenvalue weighted by molar-refractivity contribution is -0.135. The van der Waals surface area contributed by atoms with E-state index in [0.717, 1.165) is 12.8 Å². The first-order chi connectivity index (χ1) is 9.54. The van der Waals surface area contributed by atoms with Crippen LogP contribution in [0.4, 0.5) is 0 Å². The van der Waals surface area contributed by atoms with Crippen molar-refractivity contribution in [1.82, 2.24) is 10.2 Å². The molecule has 0 aromatic carbocycles. The molecule has 0 saturated carbocycles. The molecule has 1 aliphatic rings. The predicted octanol–water partition coefficient (Wildman–Crippen LogP) is -0.149. The molecule has 0 bridgehead atoms. The van der Waals surface area contributed by atoms with Crippen molar-refractivity contribution in [3.8, 4) is 0 Å². The number of aliphatic hydroxyl groups excluding tert-OH is 1. The summed E-state index contributed by atoms with van der Waals surface area (Å²) in [7, 11) is 0. The molecule has 4 N–H and O–H groups in total. The molecule has 6 nitrogen and oxygen atoms in total. The molecule has 0 spiro atoms. The second-order valence-electron chi connectivity index (χ2n) is 5.54. The molecular formula is C14H27N3O3. The predicted molar refractivity (Wildman–Crippen MR) is 76.9 cm³/mol. The fourth-order valence-electron chi connectivity index (χ4n) is 2.34. The maximum Gasteiger partial charge on any atom is 0.223 e. The van der Waals surface area contributed by atoms with E-state index in [1.54, 1.807) is 0 Å². The summed E-state index contributed by atoms with van der Waals surface area (Å²) in [6.07, 6.45) is 3.22. The Morgan fingerprint density at radius 2 is 2.05 bits per heavy atom. The van der Waals surface area contributed by atoms with E-state index in [1.165, 1.54) is 0 Å². The van der Waals surface area contributed by atoms with E-state index >= 15 is 0 Å².